The molecular weight excluding hydrogens is 232 g/mol. The van der Waals surface area contributed by atoms with Gasteiger partial charge in [-0.05, 0) is 57.7 Å². The first-order valence-corrected chi connectivity index (χ1v) is 8.52. The monoisotopic (exact) mass is 268 g/mol. The molecule has 3 unspecified atom stereocenters. The highest BCUT2D eigenvalue weighted by molar-refractivity contribution is 4.83. The van der Waals surface area contributed by atoms with Crippen LogP contribution in [0.4, 0.5) is 0 Å². The highest BCUT2D eigenvalue weighted by Crippen LogP contribution is 2.25. The van der Waals surface area contributed by atoms with Crippen molar-refractivity contribution in [1.82, 2.24) is 10.2 Å². The zero-order valence-electron chi connectivity index (χ0n) is 13.9. The van der Waals surface area contributed by atoms with Crippen LogP contribution in [0.2, 0.25) is 0 Å². The second-order valence-electron chi connectivity index (χ2n) is 6.95. The molecule has 2 heteroatoms. The predicted molar refractivity (Wildman–Crippen MR) is 85.6 cm³/mol. The molecule has 0 aromatic heterocycles. The van der Waals surface area contributed by atoms with Gasteiger partial charge in [0, 0.05) is 12.1 Å². The van der Waals surface area contributed by atoms with Gasteiger partial charge >= 0.3 is 0 Å². The molecule has 1 N–H and O–H groups in total. The standard InChI is InChI=1S/C17H36N2/c1-6-9-17-10-7-8-11-19(17)16(5)15(4)13-18-12-14(2)3/h14-18H,6-13H2,1-5H3. The Morgan fingerprint density at radius 3 is 2.47 bits per heavy atom. The van der Waals surface area contributed by atoms with Gasteiger partial charge in [-0.2, -0.15) is 0 Å². The van der Waals surface area contributed by atoms with Gasteiger partial charge in [0.1, 0.15) is 0 Å². The van der Waals surface area contributed by atoms with E-state index in [9.17, 15) is 0 Å². The number of piperidine rings is 1. The molecule has 1 aliphatic heterocycles. The molecule has 1 fully saturated rings. The van der Waals surface area contributed by atoms with Gasteiger partial charge in [0.05, 0.1) is 0 Å². The largest absolute Gasteiger partial charge is 0.316 e. The van der Waals surface area contributed by atoms with E-state index in [1.165, 1.54) is 38.6 Å². The van der Waals surface area contributed by atoms with Crippen LogP contribution in [-0.4, -0.2) is 36.6 Å². The minimum Gasteiger partial charge on any atom is -0.316 e. The number of nitrogens with zero attached hydrogens (tertiary/aromatic N) is 1. The Balaban J connectivity index is 2.41. The lowest BCUT2D eigenvalue weighted by molar-refractivity contribution is 0.0690. The zero-order valence-corrected chi connectivity index (χ0v) is 13.9. The SMILES string of the molecule is CCCC1CCCCN1C(C)C(C)CNCC(C)C. The fourth-order valence-electron chi connectivity index (χ4n) is 3.30. The molecule has 0 saturated carbocycles. The summed E-state index contributed by atoms with van der Waals surface area (Å²) in [6.45, 7) is 15.4. The average molecular weight is 268 g/mol. The van der Waals surface area contributed by atoms with Crippen molar-refractivity contribution in [2.24, 2.45) is 11.8 Å². The highest BCUT2D eigenvalue weighted by atomic mass is 15.2. The van der Waals surface area contributed by atoms with Crippen molar-refractivity contribution < 1.29 is 0 Å². The Morgan fingerprint density at radius 2 is 1.84 bits per heavy atom. The van der Waals surface area contributed by atoms with Gasteiger partial charge in [-0.25, -0.2) is 0 Å². The first-order valence-electron chi connectivity index (χ1n) is 8.52. The van der Waals surface area contributed by atoms with Crippen molar-refractivity contribution in [2.75, 3.05) is 19.6 Å². The summed E-state index contributed by atoms with van der Waals surface area (Å²) in [6.07, 6.45) is 6.97. The maximum atomic E-state index is 3.62. The summed E-state index contributed by atoms with van der Waals surface area (Å²) < 4.78 is 0. The van der Waals surface area contributed by atoms with E-state index in [0.717, 1.165) is 37.0 Å². The van der Waals surface area contributed by atoms with Crippen LogP contribution in [0, 0.1) is 11.8 Å². The van der Waals surface area contributed by atoms with Gasteiger partial charge in [0.25, 0.3) is 0 Å². The summed E-state index contributed by atoms with van der Waals surface area (Å²) in [5, 5.41) is 3.62. The summed E-state index contributed by atoms with van der Waals surface area (Å²) >= 11 is 0. The van der Waals surface area contributed by atoms with Gasteiger partial charge in [0.15, 0.2) is 0 Å². The molecule has 1 aliphatic rings. The average Bonchev–Trinajstić information content (AvgIpc) is 2.38. The molecule has 114 valence electrons. The third-order valence-electron chi connectivity index (χ3n) is 4.66. The van der Waals surface area contributed by atoms with Crippen molar-refractivity contribution >= 4 is 0 Å². The van der Waals surface area contributed by atoms with Crippen LogP contribution in [0.5, 0.6) is 0 Å². The van der Waals surface area contributed by atoms with Crippen LogP contribution in [0.15, 0.2) is 0 Å². The molecule has 1 saturated heterocycles. The first kappa shape index (κ1) is 17.0. The van der Waals surface area contributed by atoms with E-state index in [2.05, 4.69) is 44.8 Å². The third-order valence-corrected chi connectivity index (χ3v) is 4.66. The first-order chi connectivity index (χ1) is 9.06. The van der Waals surface area contributed by atoms with Crippen LogP contribution < -0.4 is 5.32 Å². The maximum Gasteiger partial charge on any atom is 0.0108 e. The van der Waals surface area contributed by atoms with Crippen molar-refractivity contribution in [3.05, 3.63) is 0 Å². The third kappa shape index (κ3) is 5.83. The van der Waals surface area contributed by atoms with Gasteiger partial charge in [-0.3, -0.25) is 4.90 Å². The van der Waals surface area contributed by atoms with E-state index < -0.39 is 0 Å². The Kier molecular flexibility index (Phi) is 8.01. The Labute approximate surface area is 121 Å². The molecule has 0 radical (unpaired) electrons. The molecule has 0 bridgehead atoms. The van der Waals surface area contributed by atoms with Crippen LogP contribution in [0.25, 0.3) is 0 Å². The number of rotatable bonds is 8. The second-order valence-corrected chi connectivity index (χ2v) is 6.95. The number of likely N-dealkylation sites (tertiary alicyclic amines) is 1. The molecule has 0 spiro atoms. The summed E-state index contributed by atoms with van der Waals surface area (Å²) in [4.78, 5) is 2.80. The quantitative estimate of drug-likeness (QED) is 0.718. The fraction of sp³-hybridized carbons (Fsp3) is 1.00. The molecule has 0 aliphatic carbocycles. The van der Waals surface area contributed by atoms with E-state index >= 15 is 0 Å². The molecule has 3 atom stereocenters. The lowest BCUT2D eigenvalue weighted by Crippen LogP contribution is -2.49. The summed E-state index contributed by atoms with van der Waals surface area (Å²) in [6, 6.07) is 1.57. The molecule has 19 heavy (non-hydrogen) atoms. The van der Waals surface area contributed by atoms with Crippen LogP contribution >= 0.6 is 0 Å². The van der Waals surface area contributed by atoms with Gasteiger partial charge in [-0.1, -0.05) is 40.5 Å². The number of hydrogen-bond donors (Lipinski definition) is 1. The van der Waals surface area contributed by atoms with Crippen molar-refractivity contribution in [3.8, 4) is 0 Å². The van der Waals surface area contributed by atoms with Gasteiger partial charge < -0.3 is 5.32 Å². The van der Waals surface area contributed by atoms with E-state index in [-0.39, 0.29) is 0 Å². The molecule has 0 aromatic rings. The molecule has 0 aromatic carbocycles. The Morgan fingerprint density at radius 1 is 1.11 bits per heavy atom. The molecule has 1 heterocycles. The topological polar surface area (TPSA) is 15.3 Å². The maximum absolute atomic E-state index is 3.62. The predicted octanol–water partition coefficient (Wildman–Crippen LogP) is 3.91. The molecule has 2 nitrogen and oxygen atoms in total. The van der Waals surface area contributed by atoms with E-state index in [1.54, 1.807) is 0 Å². The van der Waals surface area contributed by atoms with Crippen LogP contribution in [0.1, 0.15) is 66.7 Å². The summed E-state index contributed by atoms with van der Waals surface area (Å²) in [7, 11) is 0. The van der Waals surface area contributed by atoms with Gasteiger partial charge in [-0.15, -0.1) is 0 Å². The Bertz CT molecular complexity index is 225. The molecular formula is C17H36N2. The highest BCUT2D eigenvalue weighted by Gasteiger charge is 2.28. The lowest BCUT2D eigenvalue weighted by atomic mass is 9.92. The normalized spacial score (nSPS) is 24.6. The lowest BCUT2D eigenvalue weighted by Gasteiger charge is -2.42. The van der Waals surface area contributed by atoms with E-state index in [1.807, 2.05) is 0 Å². The summed E-state index contributed by atoms with van der Waals surface area (Å²) in [5.41, 5.74) is 0. The minimum absolute atomic E-state index is 0.719. The van der Waals surface area contributed by atoms with Gasteiger partial charge in [0.2, 0.25) is 0 Å². The van der Waals surface area contributed by atoms with Crippen LogP contribution in [-0.2, 0) is 0 Å². The molecule has 0 amide bonds. The van der Waals surface area contributed by atoms with Crippen LogP contribution in [0.3, 0.4) is 0 Å². The van der Waals surface area contributed by atoms with Crippen molar-refractivity contribution in [2.45, 2.75) is 78.8 Å². The molecule has 1 rings (SSSR count). The smallest absolute Gasteiger partial charge is 0.0108 e. The summed E-state index contributed by atoms with van der Waals surface area (Å²) in [5.74, 6) is 1.50. The Hall–Kier alpha value is -0.0800. The zero-order chi connectivity index (χ0) is 14.3. The van der Waals surface area contributed by atoms with E-state index in [0.29, 0.717) is 0 Å². The number of hydrogen-bond acceptors (Lipinski definition) is 2. The number of nitrogens with one attached hydrogen (secondary N) is 1. The van der Waals surface area contributed by atoms with Crippen molar-refractivity contribution in [3.63, 3.8) is 0 Å². The second kappa shape index (κ2) is 8.97. The van der Waals surface area contributed by atoms with E-state index in [4.69, 9.17) is 0 Å². The van der Waals surface area contributed by atoms with Crippen molar-refractivity contribution in [1.29, 1.82) is 0 Å². The fourth-order valence-corrected chi connectivity index (χ4v) is 3.30. The minimum atomic E-state index is 0.719.